The van der Waals surface area contributed by atoms with Crippen LogP contribution in [0.5, 0.6) is 0 Å². The molecule has 0 aromatic heterocycles. The Bertz CT molecular complexity index is 858. The van der Waals surface area contributed by atoms with Gasteiger partial charge >= 0.3 is 0 Å². The third-order valence-corrected chi connectivity index (χ3v) is 6.68. The number of hydrogen-bond donors (Lipinski definition) is 0. The molecule has 1 aliphatic rings. The molecule has 1 aliphatic heterocycles. The normalized spacial score (nSPS) is 18.8. The van der Waals surface area contributed by atoms with Gasteiger partial charge in [0, 0.05) is 18.2 Å². The van der Waals surface area contributed by atoms with Crippen LogP contribution in [0.1, 0.15) is 47.7 Å². The van der Waals surface area contributed by atoms with E-state index in [2.05, 4.69) is 26.0 Å². The van der Waals surface area contributed by atoms with E-state index in [0.29, 0.717) is 24.4 Å². The Hall–Kier alpha value is -2.14. The van der Waals surface area contributed by atoms with Gasteiger partial charge in [-0.3, -0.25) is 4.79 Å². The Morgan fingerprint density at radius 2 is 1.73 bits per heavy atom. The standard InChI is InChI=1S/C21H25NO3S/c1-16(2)18-10-8-17(9-11-18)14-22(20-12-13-26(24,25)15-20)21(23)19-6-4-3-5-7-19/h3-11,16,20H,12-15H2,1-2H3. The van der Waals surface area contributed by atoms with Gasteiger partial charge < -0.3 is 4.90 Å². The predicted octanol–water partition coefficient (Wildman–Crippen LogP) is 3.64. The van der Waals surface area contributed by atoms with Gasteiger partial charge in [0.2, 0.25) is 0 Å². The summed E-state index contributed by atoms with van der Waals surface area (Å²) in [6.45, 7) is 4.71. The van der Waals surface area contributed by atoms with Gasteiger partial charge in [-0.1, -0.05) is 56.3 Å². The van der Waals surface area contributed by atoms with E-state index in [1.54, 1.807) is 17.0 Å². The molecule has 2 aromatic rings. The van der Waals surface area contributed by atoms with Crippen LogP contribution in [0.2, 0.25) is 0 Å². The summed E-state index contributed by atoms with van der Waals surface area (Å²) in [7, 11) is -3.06. The molecule has 0 spiro atoms. The molecule has 1 atom stereocenters. The number of sulfone groups is 1. The maximum atomic E-state index is 13.1. The zero-order chi connectivity index (χ0) is 18.7. The molecular weight excluding hydrogens is 346 g/mol. The first-order valence-electron chi connectivity index (χ1n) is 9.01. The van der Waals surface area contributed by atoms with Crippen LogP contribution in [0.15, 0.2) is 54.6 Å². The van der Waals surface area contributed by atoms with Gasteiger partial charge in [0.25, 0.3) is 5.91 Å². The summed E-state index contributed by atoms with van der Waals surface area (Å²) in [5.41, 5.74) is 2.86. The number of hydrogen-bond acceptors (Lipinski definition) is 3. The third kappa shape index (κ3) is 4.33. The van der Waals surface area contributed by atoms with Gasteiger partial charge in [-0.15, -0.1) is 0 Å². The van der Waals surface area contributed by atoms with E-state index in [9.17, 15) is 13.2 Å². The quantitative estimate of drug-likeness (QED) is 0.806. The summed E-state index contributed by atoms with van der Waals surface area (Å²) in [5, 5.41) is 0. The van der Waals surface area contributed by atoms with Crippen LogP contribution in [-0.4, -0.2) is 36.8 Å². The van der Waals surface area contributed by atoms with Crippen molar-refractivity contribution < 1.29 is 13.2 Å². The monoisotopic (exact) mass is 371 g/mol. The van der Waals surface area contributed by atoms with Gasteiger partial charge in [-0.2, -0.15) is 0 Å². The topological polar surface area (TPSA) is 54.5 Å². The van der Waals surface area contributed by atoms with Crippen molar-refractivity contribution in [2.75, 3.05) is 11.5 Å². The maximum Gasteiger partial charge on any atom is 0.254 e. The van der Waals surface area contributed by atoms with E-state index in [4.69, 9.17) is 0 Å². The smallest absolute Gasteiger partial charge is 0.254 e. The minimum absolute atomic E-state index is 0.0512. The van der Waals surface area contributed by atoms with Crippen LogP contribution >= 0.6 is 0 Å². The lowest BCUT2D eigenvalue weighted by molar-refractivity contribution is 0.0681. The summed E-state index contributed by atoms with van der Waals surface area (Å²) in [6, 6.07) is 17.0. The minimum Gasteiger partial charge on any atom is -0.330 e. The van der Waals surface area contributed by atoms with Crippen molar-refractivity contribution in [2.24, 2.45) is 0 Å². The molecule has 1 heterocycles. The Kier molecular flexibility index (Phi) is 5.47. The maximum absolute atomic E-state index is 13.1. The van der Waals surface area contributed by atoms with Crippen LogP contribution in [0.4, 0.5) is 0 Å². The number of carbonyl (C=O) groups excluding carboxylic acids is 1. The highest BCUT2D eigenvalue weighted by atomic mass is 32.2. The fourth-order valence-electron chi connectivity index (χ4n) is 3.34. The largest absolute Gasteiger partial charge is 0.330 e. The van der Waals surface area contributed by atoms with Gasteiger partial charge in [0.05, 0.1) is 11.5 Å². The molecule has 0 radical (unpaired) electrons. The SMILES string of the molecule is CC(C)c1ccc(CN(C(=O)c2ccccc2)C2CCS(=O)(=O)C2)cc1. The number of amides is 1. The molecule has 0 N–H and O–H groups in total. The molecule has 3 rings (SSSR count). The first-order chi connectivity index (χ1) is 12.4. The Balaban J connectivity index is 1.86. The summed E-state index contributed by atoms with van der Waals surface area (Å²) >= 11 is 0. The molecule has 1 amide bonds. The fraction of sp³-hybridized carbons (Fsp3) is 0.381. The van der Waals surface area contributed by atoms with Crippen molar-refractivity contribution in [2.45, 2.75) is 38.8 Å². The zero-order valence-electron chi connectivity index (χ0n) is 15.3. The van der Waals surface area contributed by atoms with Crippen molar-refractivity contribution in [1.82, 2.24) is 4.90 Å². The fourth-order valence-corrected chi connectivity index (χ4v) is 5.07. The average molecular weight is 372 g/mol. The van der Waals surface area contributed by atoms with Gasteiger partial charge in [0.1, 0.15) is 0 Å². The molecule has 138 valence electrons. The van der Waals surface area contributed by atoms with E-state index < -0.39 is 9.84 Å². The van der Waals surface area contributed by atoms with Crippen LogP contribution in [0.25, 0.3) is 0 Å². The second-order valence-electron chi connectivity index (χ2n) is 7.25. The van der Waals surface area contributed by atoms with Crippen molar-refractivity contribution in [1.29, 1.82) is 0 Å². The average Bonchev–Trinajstić information content (AvgIpc) is 3.00. The second kappa shape index (κ2) is 7.62. The molecular formula is C21H25NO3S. The van der Waals surface area contributed by atoms with E-state index in [-0.39, 0.29) is 23.5 Å². The number of nitrogens with zero attached hydrogens (tertiary/aromatic N) is 1. The molecule has 2 aromatic carbocycles. The van der Waals surface area contributed by atoms with E-state index >= 15 is 0 Å². The van der Waals surface area contributed by atoms with E-state index in [1.807, 2.05) is 30.3 Å². The van der Waals surface area contributed by atoms with Crippen LogP contribution in [0.3, 0.4) is 0 Å². The molecule has 1 unspecified atom stereocenters. The van der Waals surface area contributed by atoms with Gasteiger partial charge in [-0.05, 0) is 35.6 Å². The molecule has 4 nitrogen and oxygen atoms in total. The highest BCUT2D eigenvalue weighted by Crippen LogP contribution is 2.23. The van der Waals surface area contributed by atoms with Crippen LogP contribution < -0.4 is 0 Å². The summed E-state index contributed by atoms with van der Waals surface area (Å²) in [4.78, 5) is 14.8. The first-order valence-corrected chi connectivity index (χ1v) is 10.8. The van der Waals surface area contributed by atoms with Crippen molar-refractivity contribution in [3.05, 3.63) is 71.3 Å². The summed E-state index contributed by atoms with van der Waals surface area (Å²) < 4.78 is 23.9. The Morgan fingerprint density at radius 1 is 1.08 bits per heavy atom. The molecule has 1 saturated heterocycles. The highest BCUT2D eigenvalue weighted by molar-refractivity contribution is 7.91. The number of carbonyl (C=O) groups is 1. The minimum atomic E-state index is -3.06. The Labute approximate surface area is 155 Å². The van der Waals surface area contributed by atoms with Crippen molar-refractivity contribution >= 4 is 15.7 Å². The van der Waals surface area contributed by atoms with E-state index in [0.717, 1.165) is 5.56 Å². The molecule has 5 heteroatoms. The number of benzene rings is 2. The third-order valence-electron chi connectivity index (χ3n) is 4.93. The van der Waals surface area contributed by atoms with E-state index in [1.165, 1.54) is 5.56 Å². The lowest BCUT2D eigenvalue weighted by atomic mass is 10.0. The molecule has 0 aliphatic carbocycles. The predicted molar refractivity (Wildman–Crippen MR) is 104 cm³/mol. The van der Waals surface area contributed by atoms with Crippen molar-refractivity contribution in [3.8, 4) is 0 Å². The number of rotatable bonds is 5. The summed E-state index contributed by atoms with van der Waals surface area (Å²) in [6.07, 6.45) is 0.505. The second-order valence-corrected chi connectivity index (χ2v) is 9.48. The first kappa shape index (κ1) is 18.6. The molecule has 1 fully saturated rings. The van der Waals surface area contributed by atoms with Gasteiger partial charge in [-0.25, -0.2) is 8.42 Å². The van der Waals surface area contributed by atoms with Crippen LogP contribution in [0, 0.1) is 0 Å². The summed E-state index contributed by atoms with van der Waals surface area (Å²) in [5.74, 6) is 0.546. The molecule has 0 saturated carbocycles. The van der Waals surface area contributed by atoms with Crippen LogP contribution in [-0.2, 0) is 16.4 Å². The van der Waals surface area contributed by atoms with Crippen molar-refractivity contribution in [3.63, 3.8) is 0 Å². The molecule has 26 heavy (non-hydrogen) atoms. The molecule has 0 bridgehead atoms. The lowest BCUT2D eigenvalue weighted by Gasteiger charge is -2.28. The Morgan fingerprint density at radius 3 is 2.27 bits per heavy atom. The van der Waals surface area contributed by atoms with Gasteiger partial charge in [0.15, 0.2) is 9.84 Å². The highest BCUT2D eigenvalue weighted by Gasteiger charge is 2.35. The zero-order valence-corrected chi connectivity index (χ0v) is 16.1. The lowest BCUT2D eigenvalue weighted by Crippen LogP contribution is -2.40.